The lowest BCUT2D eigenvalue weighted by Crippen LogP contribution is -2.47. The van der Waals surface area contributed by atoms with Crippen LogP contribution in [0.4, 0.5) is 0 Å². The highest BCUT2D eigenvalue weighted by molar-refractivity contribution is 5.77. The smallest absolute Gasteiger partial charge is 0.323 e. The minimum absolute atomic E-state index is 0.0402. The van der Waals surface area contributed by atoms with E-state index in [1.54, 1.807) is 41.5 Å². The van der Waals surface area contributed by atoms with Crippen LogP contribution >= 0.6 is 0 Å². The highest BCUT2D eigenvalue weighted by atomic mass is 16.6. The van der Waals surface area contributed by atoms with Gasteiger partial charge in [-0.25, -0.2) is 0 Å². The first kappa shape index (κ1) is 39.7. The first-order valence-electron chi connectivity index (χ1n) is 14.7. The van der Waals surface area contributed by atoms with Gasteiger partial charge < -0.3 is 35.7 Å². The third kappa shape index (κ3) is 23.3. The number of carbonyl (C=O) groups is 4. The molecule has 0 heterocycles. The van der Waals surface area contributed by atoms with Gasteiger partial charge in [0.2, 0.25) is 0 Å². The monoisotopic (exact) mass is 603 g/mol. The van der Waals surface area contributed by atoms with Crippen molar-refractivity contribution < 1.29 is 38.5 Å². The summed E-state index contributed by atoms with van der Waals surface area (Å²) in [7, 11) is 0. The van der Waals surface area contributed by atoms with Gasteiger partial charge in [-0.1, -0.05) is 0 Å². The molecule has 246 valence electrons. The van der Waals surface area contributed by atoms with Crippen molar-refractivity contribution in [2.75, 3.05) is 65.4 Å². The van der Waals surface area contributed by atoms with Crippen LogP contribution in [0.2, 0.25) is 0 Å². The van der Waals surface area contributed by atoms with Gasteiger partial charge in [0.25, 0.3) is 0 Å². The largest absolute Gasteiger partial charge is 0.481 e. The molecule has 1 atom stereocenters. The number of nitrogens with zero attached hydrogens (tertiary/aromatic N) is 2. The molecule has 0 bridgehead atoms. The molecule has 0 spiro atoms. The number of esters is 3. The van der Waals surface area contributed by atoms with Crippen molar-refractivity contribution >= 4 is 23.9 Å². The van der Waals surface area contributed by atoms with Crippen LogP contribution in [0.3, 0.4) is 0 Å². The minimum Gasteiger partial charge on any atom is -0.481 e. The lowest BCUT2D eigenvalue weighted by molar-refractivity contribution is -0.159. The lowest BCUT2D eigenvalue weighted by Gasteiger charge is -2.29. The summed E-state index contributed by atoms with van der Waals surface area (Å²) in [5, 5.41) is 15.3. The molecule has 0 radical (unpaired) electrons. The zero-order chi connectivity index (χ0) is 32.6. The first-order chi connectivity index (χ1) is 19.2. The third-order valence-corrected chi connectivity index (χ3v) is 5.40. The summed E-state index contributed by atoms with van der Waals surface area (Å²) >= 11 is 0. The molecular weight excluding hydrogens is 546 g/mol. The van der Waals surface area contributed by atoms with Gasteiger partial charge in [0, 0.05) is 58.8 Å². The molecule has 0 aliphatic carbocycles. The van der Waals surface area contributed by atoms with Crippen molar-refractivity contribution in [1.29, 1.82) is 0 Å². The van der Waals surface area contributed by atoms with E-state index in [0.29, 0.717) is 52.4 Å². The van der Waals surface area contributed by atoms with Crippen molar-refractivity contribution in [3.05, 3.63) is 0 Å². The quantitative estimate of drug-likeness (QED) is 0.0882. The highest BCUT2D eigenvalue weighted by Crippen LogP contribution is 2.11. The maximum Gasteiger partial charge on any atom is 0.323 e. The van der Waals surface area contributed by atoms with E-state index in [2.05, 4.69) is 15.5 Å². The molecule has 0 fully saturated rings. The summed E-state index contributed by atoms with van der Waals surface area (Å²) in [4.78, 5) is 52.5. The molecule has 0 aliphatic heterocycles. The Bertz CT molecular complexity index is 833. The number of carbonyl (C=O) groups excluding carboxylic acids is 3. The van der Waals surface area contributed by atoms with Gasteiger partial charge in [0.05, 0.1) is 13.1 Å². The number of nitrogens with two attached hydrogens (primary N) is 1. The molecule has 0 rings (SSSR count). The molecule has 0 aliphatic rings. The van der Waals surface area contributed by atoms with Gasteiger partial charge >= 0.3 is 23.9 Å². The van der Waals surface area contributed by atoms with E-state index in [1.807, 2.05) is 25.7 Å². The van der Waals surface area contributed by atoms with Crippen LogP contribution in [-0.2, 0) is 33.4 Å². The third-order valence-electron chi connectivity index (χ3n) is 5.40. The van der Waals surface area contributed by atoms with Gasteiger partial charge in [0.1, 0.15) is 22.8 Å². The number of ether oxygens (including phenoxy) is 3. The average molecular weight is 604 g/mol. The van der Waals surface area contributed by atoms with Crippen molar-refractivity contribution in [2.45, 2.75) is 98.0 Å². The molecule has 13 heteroatoms. The molecule has 0 saturated carbocycles. The molecule has 0 aromatic rings. The molecule has 0 aromatic heterocycles. The topological polar surface area (TPSA) is 173 Å². The van der Waals surface area contributed by atoms with Crippen LogP contribution in [0.15, 0.2) is 0 Å². The number of carboxylic acids is 1. The Kier molecular flexibility index (Phi) is 18.0. The lowest BCUT2D eigenvalue weighted by atomic mass is 10.1. The molecule has 5 N–H and O–H groups in total. The van der Waals surface area contributed by atoms with Crippen molar-refractivity contribution in [2.24, 2.45) is 5.73 Å². The number of aliphatic carboxylic acids is 1. The van der Waals surface area contributed by atoms with E-state index < -0.39 is 34.8 Å². The fourth-order valence-electron chi connectivity index (χ4n) is 3.77. The van der Waals surface area contributed by atoms with Gasteiger partial charge in [0.15, 0.2) is 0 Å². The molecule has 0 amide bonds. The van der Waals surface area contributed by atoms with E-state index in [4.69, 9.17) is 25.1 Å². The van der Waals surface area contributed by atoms with E-state index in [9.17, 15) is 19.2 Å². The van der Waals surface area contributed by atoms with E-state index in [0.717, 1.165) is 0 Å². The van der Waals surface area contributed by atoms with Crippen LogP contribution in [0.5, 0.6) is 0 Å². The van der Waals surface area contributed by atoms with Crippen molar-refractivity contribution in [3.8, 4) is 0 Å². The predicted octanol–water partition coefficient (Wildman–Crippen LogP) is 0.987. The second kappa shape index (κ2) is 19.1. The van der Waals surface area contributed by atoms with E-state index in [1.165, 1.54) is 0 Å². The van der Waals surface area contributed by atoms with E-state index in [-0.39, 0.29) is 37.9 Å². The Hall–Kier alpha value is -2.32. The summed E-state index contributed by atoms with van der Waals surface area (Å²) < 4.78 is 16.3. The van der Waals surface area contributed by atoms with Gasteiger partial charge in [-0.3, -0.25) is 29.0 Å². The van der Waals surface area contributed by atoms with Crippen molar-refractivity contribution in [1.82, 2.24) is 20.4 Å². The Morgan fingerprint density at radius 2 is 1.26 bits per heavy atom. The number of rotatable bonds is 20. The first-order valence-corrected chi connectivity index (χ1v) is 14.7. The summed E-state index contributed by atoms with van der Waals surface area (Å²) in [5.74, 6) is -2.22. The Morgan fingerprint density at radius 3 is 1.79 bits per heavy atom. The minimum atomic E-state index is -1.00. The summed E-state index contributed by atoms with van der Waals surface area (Å²) in [6.07, 6.45) is -0.106. The van der Waals surface area contributed by atoms with Crippen LogP contribution in [0.25, 0.3) is 0 Å². The summed E-state index contributed by atoms with van der Waals surface area (Å²) in [5.41, 5.74) is 3.94. The zero-order valence-electron chi connectivity index (χ0n) is 27.3. The van der Waals surface area contributed by atoms with Crippen LogP contribution in [0, 0.1) is 0 Å². The summed E-state index contributed by atoms with van der Waals surface area (Å²) in [6, 6.07) is -0.798. The second-order valence-corrected chi connectivity index (χ2v) is 13.2. The predicted molar refractivity (Wildman–Crippen MR) is 161 cm³/mol. The SMILES string of the molecule is CC(C)(C)OC(=O)CNCCN(CCN)CCN(CCNC(CCC(=O)O)C(=O)OC(C)(C)C)CC(=O)OC(C)(C)C. The van der Waals surface area contributed by atoms with Crippen LogP contribution in [-0.4, -0.2) is 127 Å². The maximum absolute atomic E-state index is 12.7. The molecule has 13 nitrogen and oxygen atoms in total. The zero-order valence-corrected chi connectivity index (χ0v) is 27.3. The van der Waals surface area contributed by atoms with Crippen LogP contribution < -0.4 is 16.4 Å². The van der Waals surface area contributed by atoms with Crippen LogP contribution in [0.1, 0.15) is 75.2 Å². The number of carboxylic acid groups (broad SMARTS) is 1. The normalized spacial score (nSPS) is 13.2. The molecule has 1 unspecified atom stereocenters. The maximum atomic E-state index is 12.7. The Morgan fingerprint density at radius 1 is 0.738 bits per heavy atom. The Labute approximate surface area is 252 Å². The highest BCUT2D eigenvalue weighted by Gasteiger charge is 2.26. The molecule has 0 aromatic carbocycles. The number of hydrogen-bond donors (Lipinski definition) is 4. The van der Waals surface area contributed by atoms with Gasteiger partial charge in [-0.05, 0) is 68.7 Å². The average Bonchev–Trinajstić information content (AvgIpc) is 2.78. The summed E-state index contributed by atoms with van der Waals surface area (Å²) in [6.45, 7) is 20.4. The van der Waals surface area contributed by atoms with E-state index >= 15 is 0 Å². The fourth-order valence-corrected chi connectivity index (χ4v) is 3.77. The van der Waals surface area contributed by atoms with Gasteiger partial charge in [-0.15, -0.1) is 0 Å². The standard InChI is InChI=1S/C29H57N5O8/c1-27(2,3)40-24(37)20-31-13-16-33(15-12-30)18-19-34(21-25(38)41-28(4,5)6)17-14-32-22(10-11-23(35)36)26(39)42-29(7,8)9/h22,31-32H,10-21,30H2,1-9H3,(H,35,36). The van der Waals surface area contributed by atoms with Gasteiger partial charge in [-0.2, -0.15) is 0 Å². The van der Waals surface area contributed by atoms with Crippen molar-refractivity contribution in [3.63, 3.8) is 0 Å². The number of nitrogens with one attached hydrogen (secondary N) is 2. The molecule has 0 saturated heterocycles. The fraction of sp³-hybridized carbons (Fsp3) is 0.862. The second-order valence-electron chi connectivity index (χ2n) is 13.2. The molecule has 42 heavy (non-hydrogen) atoms. The number of hydrogen-bond acceptors (Lipinski definition) is 12. The Balaban J connectivity index is 5.23. The molecular formula is C29H57N5O8.